The first-order valence-corrected chi connectivity index (χ1v) is 8.70. The number of nitrogens with zero attached hydrogens (tertiary/aromatic N) is 2. The van der Waals surface area contributed by atoms with Crippen molar-refractivity contribution in [3.63, 3.8) is 0 Å². The zero-order valence-corrected chi connectivity index (χ0v) is 14.7. The van der Waals surface area contributed by atoms with Gasteiger partial charge < -0.3 is 10.1 Å². The van der Waals surface area contributed by atoms with E-state index in [1.54, 1.807) is 7.11 Å². The smallest absolute Gasteiger partial charge is 0.230 e. The van der Waals surface area contributed by atoms with E-state index >= 15 is 0 Å². The fraction of sp³-hybridized carbons (Fsp3) is 0.412. The summed E-state index contributed by atoms with van der Waals surface area (Å²) in [6.07, 6.45) is 0. The standard InChI is InChI=1S/C17H21N3O2S/c1-17(2,3)16(21)18-15-13-9-23-10-14(13)19-20(15)11-5-7-12(22-4)8-6-11/h5-8H,9-10H2,1-4H3,(H,18,21). The van der Waals surface area contributed by atoms with Crippen molar-refractivity contribution >= 4 is 23.5 Å². The molecule has 2 heterocycles. The number of anilines is 1. The first-order chi connectivity index (χ1) is 10.9. The lowest BCUT2D eigenvalue weighted by Crippen LogP contribution is -2.29. The summed E-state index contributed by atoms with van der Waals surface area (Å²) >= 11 is 1.82. The van der Waals surface area contributed by atoms with Crippen LogP contribution in [-0.4, -0.2) is 22.8 Å². The zero-order valence-electron chi connectivity index (χ0n) is 13.8. The van der Waals surface area contributed by atoms with Crippen LogP contribution in [-0.2, 0) is 16.3 Å². The molecule has 0 saturated carbocycles. The van der Waals surface area contributed by atoms with Gasteiger partial charge in [-0.05, 0) is 24.3 Å². The molecular weight excluding hydrogens is 310 g/mol. The molecule has 1 aromatic heterocycles. The second-order valence-electron chi connectivity index (χ2n) is 6.58. The Morgan fingerprint density at radius 1 is 1.26 bits per heavy atom. The third-order valence-electron chi connectivity index (χ3n) is 3.78. The Kier molecular flexibility index (Phi) is 4.10. The second kappa shape index (κ2) is 5.92. The van der Waals surface area contributed by atoms with Gasteiger partial charge in [-0.3, -0.25) is 4.79 Å². The van der Waals surface area contributed by atoms with Crippen molar-refractivity contribution in [3.8, 4) is 11.4 Å². The van der Waals surface area contributed by atoms with Gasteiger partial charge in [-0.1, -0.05) is 20.8 Å². The number of nitrogens with one attached hydrogen (secondary N) is 1. The number of hydrogen-bond acceptors (Lipinski definition) is 4. The highest BCUT2D eigenvalue weighted by Gasteiger charge is 2.28. The van der Waals surface area contributed by atoms with Crippen molar-refractivity contribution in [3.05, 3.63) is 35.5 Å². The van der Waals surface area contributed by atoms with Crippen LogP contribution in [0.2, 0.25) is 0 Å². The number of rotatable bonds is 3. The molecule has 0 fully saturated rings. The van der Waals surface area contributed by atoms with Gasteiger partial charge in [0.15, 0.2) is 0 Å². The van der Waals surface area contributed by atoms with E-state index in [0.717, 1.165) is 40.0 Å². The number of carbonyl (C=O) groups excluding carboxylic acids is 1. The highest BCUT2D eigenvalue weighted by atomic mass is 32.2. The molecule has 0 atom stereocenters. The van der Waals surface area contributed by atoms with Gasteiger partial charge in [-0.25, -0.2) is 4.68 Å². The molecule has 5 nitrogen and oxygen atoms in total. The Hall–Kier alpha value is -1.95. The van der Waals surface area contributed by atoms with Gasteiger partial charge in [-0.2, -0.15) is 16.9 Å². The topological polar surface area (TPSA) is 56.1 Å². The molecule has 1 N–H and O–H groups in total. The lowest BCUT2D eigenvalue weighted by atomic mass is 9.95. The van der Waals surface area contributed by atoms with Gasteiger partial charge >= 0.3 is 0 Å². The number of hydrogen-bond donors (Lipinski definition) is 1. The fourth-order valence-electron chi connectivity index (χ4n) is 2.35. The number of carbonyl (C=O) groups is 1. The van der Waals surface area contributed by atoms with E-state index in [1.165, 1.54) is 0 Å². The number of methoxy groups -OCH3 is 1. The molecule has 1 aliphatic heterocycles. The maximum Gasteiger partial charge on any atom is 0.230 e. The van der Waals surface area contributed by atoms with E-state index in [2.05, 4.69) is 5.32 Å². The first kappa shape index (κ1) is 15.9. The summed E-state index contributed by atoms with van der Waals surface area (Å²) in [5.41, 5.74) is 2.64. The SMILES string of the molecule is COc1ccc(-n2nc3c(c2NC(=O)C(C)(C)C)CSC3)cc1. The monoisotopic (exact) mass is 331 g/mol. The van der Waals surface area contributed by atoms with E-state index in [1.807, 2.05) is 61.5 Å². The predicted molar refractivity (Wildman–Crippen MR) is 93.2 cm³/mol. The van der Waals surface area contributed by atoms with Gasteiger partial charge in [0.05, 0.1) is 18.5 Å². The van der Waals surface area contributed by atoms with Crippen LogP contribution in [0.1, 0.15) is 32.0 Å². The van der Waals surface area contributed by atoms with E-state index < -0.39 is 5.41 Å². The lowest BCUT2D eigenvalue weighted by molar-refractivity contribution is -0.123. The van der Waals surface area contributed by atoms with Crippen LogP contribution < -0.4 is 10.1 Å². The molecule has 2 aromatic rings. The van der Waals surface area contributed by atoms with Crippen LogP contribution >= 0.6 is 11.8 Å². The largest absolute Gasteiger partial charge is 0.497 e. The van der Waals surface area contributed by atoms with Crippen molar-refractivity contribution in [1.82, 2.24) is 9.78 Å². The molecule has 1 aromatic carbocycles. The minimum Gasteiger partial charge on any atom is -0.497 e. The number of amides is 1. The molecule has 3 rings (SSSR count). The van der Waals surface area contributed by atoms with Crippen LogP contribution in [0.3, 0.4) is 0 Å². The first-order valence-electron chi connectivity index (χ1n) is 7.54. The van der Waals surface area contributed by atoms with Crippen molar-refractivity contribution in [2.75, 3.05) is 12.4 Å². The minimum atomic E-state index is -0.451. The van der Waals surface area contributed by atoms with Gasteiger partial charge in [0.25, 0.3) is 0 Å². The Labute approximate surface area is 140 Å². The number of fused-ring (bicyclic) bond motifs is 1. The highest BCUT2D eigenvalue weighted by Crippen LogP contribution is 2.36. The molecule has 6 heteroatoms. The van der Waals surface area contributed by atoms with Crippen molar-refractivity contribution in [2.24, 2.45) is 5.41 Å². The molecule has 122 valence electrons. The highest BCUT2D eigenvalue weighted by molar-refractivity contribution is 7.98. The summed E-state index contributed by atoms with van der Waals surface area (Å²) in [6.45, 7) is 5.72. The molecule has 0 unspecified atom stereocenters. The molecule has 1 aliphatic rings. The minimum absolute atomic E-state index is 0.00754. The van der Waals surface area contributed by atoms with Crippen molar-refractivity contribution in [2.45, 2.75) is 32.3 Å². The van der Waals surface area contributed by atoms with Crippen LogP contribution in [0.25, 0.3) is 5.69 Å². The summed E-state index contributed by atoms with van der Waals surface area (Å²) < 4.78 is 7.03. The van der Waals surface area contributed by atoms with E-state index in [4.69, 9.17) is 9.84 Å². The van der Waals surface area contributed by atoms with Crippen LogP contribution in [0, 0.1) is 5.41 Å². The van der Waals surface area contributed by atoms with E-state index in [9.17, 15) is 4.79 Å². The molecule has 23 heavy (non-hydrogen) atoms. The molecule has 1 amide bonds. The molecule has 0 saturated heterocycles. The number of benzene rings is 1. The van der Waals surface area contributed by atoms with Crippen LogP contribution in [0.4, 0.5) is 5.82 Å². The van der Waals surface area contributed by atoms with Crippen LogP contribution in [0.5, 0.6) is 5.75 Å². The Morgan fingerprint density at radius 3 is 2.57 bits per heavy atom. The van der Waals surface area contributed by atoms with Gasteiger partial charge in [-0.15, -0.1) is 0 Å². The third-order valence-corrected chi connectivity index (χ3v) is 4.75. The predicted octanol–water partition coefficient (Wildman–Crippen LogP) is 3.61. The fourth-order valence-corrected chi connectivity index (χ4v) is 3.38. The maximum absolute atomic E-state index is 12.4. The quantitative estimate of drug-likeness (QED) is 0.933. The summed E-state index contributed by atoms with van der Waals surface area (Å²) in [7, 11) is 1.64. The molecule has 0 radical (unpaired) electrons. The van der Waals surface area contributed by atoms with Gasteiger partial charge in [0.2, 0.25) is 5.91 Å². The summed E-state index contributed by atoms with van der Waals surface area (Å²) in [5.74, 6) is 3.34. The zero-order chi connectivity index (χ0) is 16.6. The summed E-state index contributed by atoms with van der Waals surface area (Å²) in [5, 5.41) is 7.77. The Bertz CT molecular complexity index is 730. The van der Waals surface area contributed by atoms with Crippen molar-refractivity contribution in [1.29, 1.82) is 0 Å². The number of thioether (sulfide) groups is 1. The van der Waals surface area contributed by atoms with E-state index in [-0.39, 0.29) is 5.91 Å². The molecule has 0 bridgehead atoms. The van der Waals surface area contributed by atoms with Gasteiger partial charge in [0, 0.05) is 22.5 Å². The number of aromatic nitrogens is 2. The Balaban J connectivity index is 2.01. The average molecular weight is 331 g/mol. The van der Waals surface area contributed by atoms with Gasteiger partial charge in [0.1, 0.15) is 11.6 Å². The average Bonchev–Trinajstić information content (AvgIpc) is 3.09. The Morgan fingerprint density at radius 2 is 1.96 bits per heavy atom. The summed E-state index contributed by atoms with van der Waals surface area (Å²) in [4.78, 5) is 12.4. The van der Waals surface area contributed by atoms with Crippen LogP contribution in [0.15, 0.2) is 24.3 Å². The molecule has 0 aliphatic carbocycles. The number of ether oxygens (including phenoxy) is 1. The lowest BCUT2D eigenvalue weighted by Gasteiger charge is -2.19. The van der Waals surface area contributed by atoms with Crippen molar-refractivity contribution < 1.29 is 9.53 Å². The maximum atomic E-state index is 12.4. The normalized spacial score (nSPS) is 13.7. The molecule has 0 spiro atoms. The third kappa shape index (κ3) is 3.08. The van der Waals surface area contributed by atoms with E-state index in [0.29, 0.717) is 0 Å². The molecular formula is C17H21N3O2S. The summed E-state index contributed by atoms with van der Waals surface area (Å²) in [6, 6.07) is 7.68. The second-order valence-corrected chi connectivity index (χ2v) is 7.57.